The van der Waals surface area contributed by atoms with Crippen molar-refractivity contribution in [2.75, 3.05) is 13.1 Å². The molecule has 2 N–H and O–H groups in total. The van der Waals surface area contributed by atoms with Crippen molar-refractivity contribution in [2.24, 2.45) is 5.73 Å². The Bertz CT molecular complexity index is 525. The Morgan fingerprint density at radius 3 is 2.50 bits per heavy atom. The molecule has 3 heteroatoms. The van der Waals surface area contributed by atoms with Crippen molar-refractivity contribution < 1.29 is 0 Å². The number of aryl methyl sites for hydroxylation is 1. The minimum atomic E-state index is 0.0426. The topological polar surface area (TPSA) is 42.2 Å². The molecule has 0 bridgehead atoms. The second-order valence-electron chi connectivity index (χ2n) is 5.12. The van der Waals surface area contributed by atoms with E-state index < -0.39 is 0 Å². The monoisotopic (exact) mass is 269 g/mol. The summed E-state index contributed by atoms with van der Waals surface area (Å²) in [7, 11) is 0. The normalized spacial score (nSPS) is 12.6. The third-order valence-corrected chi connectivity index (χ3v) is 3.46. The van der Waals surface area contributed by atoms with E-state index in [1.54, 1.807) is 0 Å². The van der Waals surface area contributed by atoms with E-state index in [4.69, 9.17) is 5.73 Å². The van der Waals surface area contributed by atoms with Gasteiger partial charge in [-0.2, -0.15) is 0 Å². The van der Waals surface area contributed by atoms with Gasteiger partial charge in [0.1, 0.15) is 0 Å². The minimum Gasteiger partial charge on any atom is -0.323 e. The van der Waals surface area contributed by atoms with E-state index in [0.717, 1.165) is 31.0 Å². The van der Waals surface area contributed by atoms with Gasteiger partial charge in [-0.25, -0.2) is 0 Å². The maximum atomic E-state index is 6.29. The number of hydrogen-bond acceptors (Lipinski definition) is 3. The van der Waals surface area contributed by atoms with Gasteiger partial charge in [0.15, 0.2) is 0 Å². The zero-order valence-corrected chi connectivity index (χ0v) is 12.3. The maximum absolute atomic E-state index is 6.29. The molecule has 106 valence electrons. The molecule has 3 nitrogen and oxygen atoms in total. The summed E-state index contributed by atoms with van der Waals surface area (Å²) in [6.07, 6.45) is 0. The Hall–Kier alpha value is -1.71. The van der Waals surface area contributed by atoms with Gasteiger partial charge in [-0.15, -0.1) is 0 Å². The quantitative estimate of drug-likeness (QED) is 0.876. The lowest BCUT2D eigenvalue weighted by molar-refractivity contribution is 0.259. The second kappa shape index (κ2) is 7.17. The van der Waals surface area contributed by atoms with Crippen LogP contribution in [0.4, 0.5) is 0 Å². The van der Waals surface area contributed by atoms with Crippen LogP contribution in [0.3, 0.4) is 0 Å². The Morgan fingerprint density at radius 1 is 1.10 bits per heavy atom. The SMILES string of the molecule is CCN(Cc1cccc(C)n1)CC(N)c1ccccc1. The third-order valence-electron chi connectivity index (χ3n) is 3.46. The van der Waals surface area contributed by atoms with Gasteiger partial charge in [0.25, 0.3) is 0 Å². The first-order chi connectivity index (χ1) is 9.69. The van der Waals surface area contributed by atoms with Gasteiger partial charge < -0.3 is 5.73 Å². The van der Waals surface area contributed by atoms with Gasteiger partial charge >= 0.3 is 0 Å². The van der Waals surface area contributed by atoms with E-state index >= 15 is 0 Å². The van der Waals surface area contributed by atoms with Crippen molar-refractivity contribution >= 4 is 0 Å². The van der Waals surface area contributed by atoms with Crippen LogP contribution in [0.2, 0.25) is 0 Å². The average molecular weight is 269 g/mol. The summed E-state index contributed by atoms with van der Waals surface area (Å²) in [5.41, 5.74) is 9.64. The first kappa shape index (κ1) is 14.7. The predicted molar refractivity (Wildman–Crippen MR) is 83.3 cm³/mol. The number of aromatic nitrogens is 1. The Balaban J connectivity index is 1.99. The summed E-state index contributed by atoms with van der Waals surface area (Å²) in [6.45, 7) is 6.84. The largest absolute Gasteiger partial charge is 0.323 e. The van der Waals surface area contributed by atoms with Crippen LogP contribution in [0.25, 0.3) is 0 Å². The number of rotatable bonds is 6. The fraction of sp³-hybridized carbons (Fsp3) is 0.353. The van der Waals surface area contributed by atoms with Crippen molar-refractivity contribution in [1.82, 2.24) is 9.88 Å². The second-order valence-corrected chi connectivity index (χ2v) is 5.12. The number of nitrogens with two attached hydrogens (primary N) is 1. The van der Waals surface area contributed by atoms with Crippen LogP contribution in [-0.4, -0.2) is 23.0 Å². The van der Waals surface area contributed by atoms with E-state index in [1.165, 1.54) is 5.56 Å². The summed E-state index contributed by atoms with van der Waals surface area (Å²) < 4.78 is 0. The van der Waals surface area contributed by atoms with Crippen molar-refractivity contribution in [1.29, 1.82) is 0 Å². The fourth-order valence-electron chi connectivity index (χ4n) is 2.31. The fourth-order valence-corrected chi connectivity index (χ4v) is 2.31. The Labute approximate surface area is 121 Å². The molecule has 2 rings (SSSR count). The van der Waals surface area contributed by atoms with Crippen molar-refractivity contribution in [3.8, 4) is 0 Å². The molecule has 20 heavy (non-hydrogen) atoms. The first-order valence-corrected chi connectivity index (χ1v) is 7.14. The van der Waals surface area contributed by atoms with Crippen molar-refractivity contribution in [3.63, 3.8) is 0 Å². The van der Waals surface area contributed by atoms with Crippen LogP contribution in [0.15, 0.2) is 48.5 Å². The van der Waals surface area contributed by atoms with Crippen LogP contribution in [-0.2, 0) is 6.54 Å². The molecule has 0 aliphatic carbocycles. The Kier molecular flexibility index (Phi) is 5.27. The van der Waals surface area contributed by atoms with Crippen molar-refractivity contribution in [2.45, 2.75) is 26.4 Å². The molecular formula is C17H23N3. The molecule has 0 saturated carbocycles. The van der Waals surface area contributed by atoms with E-state index in [0.29, 0.717) is 0 Å². The molecule has 0 spiro atoms. The number of pyridine rings is 1. The first-order valence-electron chi connectivity index (χ1n) is 7.14. The van der Waals surface area contributed by atoms with E-state index in [2.05, 4.69) is 41.1 Å². The van der Waals surface area contributed by atoms with Crippen LogP contribution < -0.4 is 5.73 Å². The summed E-state index contributed by atoms with van der Waals surface area (Å²) in [4.78, 5) is 6.89. The zero-order chi connectivity index (χ0) is 14.4. The van der Waals surface area contributed by atoms with Crippen LogP contribution in [0, 0.1) is 6.92 Å². The van der Waals surface area contributed by atoms with Gasteiger partial charge in [-0.3, -0.25) is 9.88 Å². The van der Waals surface area contributed by atoms with Gasteiger partial charge in [0.05, 0.1) is 5.69 Å². The Morgan fingerprint density at radius 2 is 1.85 bits per heavy atom. The molecule has 0 fully saturated rings. The van der Waals surface area contributed by atoms with Crippen LogP contribution in [0.5, 0.6) is 0 Å². The van der Waals surface area contributed by atoms with Gasteiger partial charge in [0, 0.05) is 24.8 Å². The smallest absolute Gasteiger partial charge is 0.0547 e. The molecule has 0 amide bonds. The summed E-state index contributed by atoms with van der Waals surface area (Å²) >= 11 is 0. The standard InChI is InChI=1S/C17H23N3/c1-3-20(12-16-11-7-8-14(2)19-16)13-17(18)15-9-5-4-6-10-15/h4-11,17H,3,12-13,18H2,1-2H3. The number of likely N-dealkylation sites (N-methyl/N-ethyl adjacent to an activating group) is 1. The molecule has 1 heterocycles. The molecule has 0 aliphatic heterocycles. The van der Waals surface area contributed by atoms with Crippen molar-refractivity contribution in [3.05, 3.63) is 65.5 Å². The molecule has 1 unspecified atom stereocenters. The van der Waals surface area contributed by atoms with E-state index in [9.17, 15) is 0 Å². The predicted octanol–water partition coefficient (Wildman–Crippen LogP) is 2.91. The molecule has 0 aliphatic rings. The molecule has 2 aromatic rings. The summed E-state index contributed by atoms with van der Waals surface area (Å²) in [5, 5.41) is 0. The lowest BCUT2D eigenvalue weighted by Crippen LogP contribution is -2.32. The van der Waals surface area contributed by atoms with Crippen LogP contribution >= 0.6 is 0 Å². The molecule has 1 aromatic carbocycles. The zero-order valence-electron chi connectivity index (χ0n) is 12.3. The van der Waals surface area contributed by atoms with Gasteiger partial charge in [-0.1, -0.05) is 43.3 Å². The number of nitrogens with zero attached hydrogens (tertiary/aromatic N) is 2. The van der Waals surface area contributed by atoms with E-state index in [-0.39, 0.29) is 6.04 Å². The molecular weight excluding hydrogens is 246 g/mol. The lowest BCUT2D eigenvalue weighted by Gasteiger charge is -2.24. The highest BCUT2D eigenvalue weighted by molar-refractivity contribution is 5.19. The highest BCUT2D eigenvalue weighted by Crippen LogP contribution is 2.13. The molecule has 0 saturated heterocycles. The number of benzene rings is 1. The molecule has 1 aromatic heterocycles. The highest BCUT2D eigenvalue weighted by Gasteiger charge is 2.11. The minimum absolute atomic E-state index is 0.0426. The highest BCUT2D eigenvalue weighted by atomic mass is 15.1. The lowest BCUT2D eigenvalue weighted by atomic mass is 10.1. The third kappa shape index (κ3) is 4.15. The maximum Gasteiger partial charge on any atom is 0.0547 e. The van der Waals surface area contributed by atoms with Crippen LogP contribution in [0.1, 0.15) is 29.9 Å². The van der Waals surface area contributed by atoms with Gasteiger partial charge in [0.2, 0.25) is 0 Å². The molecule has 0 radical (unpaired) electrons. The molecule has 1 atom stereocenters. The van der Waals surface area contributed by atoms with E-state index in [1.807, 2.05) is 31.2 Å². The average Bonchev–Trinajstić information content (AvgIpc) is 2.47. The number of hydrogen-bond donors (Lipinski definition) is 1. The summed E-state index contributed by atoms with van der Waals surface area (Å²) in [5.74, 6) is 0. The summed E-state index contributed by atoms with van der Waals surface area (Å²) in [6, 6.07) is 16.5. The van der Waals surface area contributed by atoms with Gasteiger partial charge in [-0.05, 0) is 31.2 Å².